The van der Waals surface area contributed by atoms with E-state index in [0.717, 1.165) is 25.9 Å². The molecule has 1 amide bonds. The first kappa shape index (κ1) is 26.9. The van der Waals surface area contributed by atoms with E-state index in [9.17, 15) is 9.36 Å². The Labute approximate surface area is 222 Å². The first-order valence-corrected chi connectivity index (χ1v) is 15.0. The summed E-state index contributed by atoms with van der Waals surface area (Å²) in [6.45, 7) is 5.37. The summed E-state index contributed by atoms with van der Waals surface area (Å²) >= 11 is 6.36. The number of piperidine rings is 1. The first-order valence-electron chi connectivity index (χ1n) is 12.0. The van der Waals surface area contributed by atoms with Gasteiger partial charge in [0, 0.05) is 16.9 Å². The summed E-state index contributed by atoms with van der Waals surface area (Å²) in [5, 5.41) is 10.5. The molecule has 0 aliphatic carbocycles. The molecule has 1 aliphatic rings. The van der Waals surface area contributed by atoms with Gasteiger partial charge >= 0.3 is 0 Å². The van der Waals surface area contributed by atoms with Crippen LogP contribution in [-0.2, 0) is 4.57 Å². The monoisotopic (exact) mass is 542 g/mol. The molecular weight excluding hydrogens is 511 g/mol. The van der Waals surface area contributed by atoms with Crippen molar-refractivity contribution in [2.45, 2.75) is 18.9 Å². The van der Waals surface area contributed by atoms with Crippen LogP contribution in [0.2, 0.25) is 5.02 Å². The number of methoxy groups -OCH3 is 1. The maximum atomic E-state index is 12.8. The zero-order valence-electron chi connectivity index (χ0n) is 21.4. The van der Waals surface area contributed by atoms with Gasteiger partial charge in [0.25, 0.3) is 5.91 Å². The van der Waals surface area contributed by atoms with Gasteiger partial charge in [-0.25, -0.2) is 4.98 Å². The first-order chi connectivity index (χ1) is 17.6. The topological polar surface area (TPSA) is 108 Å². The number of rotatable bonds is 8. The van der Waals surface area contributed by atoms with Crippen LogP contribution >= 0.6 is 18.7 Å². The highest BCUT2D eigenvalue weighted by atomic mass is 35.5. The lowest BCUT2D eigenvalue weighted by Gasteiger charge is -2.29. The number of likely N-dealkylation sites (tertiary alicyclic amines) is 1. The molecule has 0 unspecified atom stereocenters. The molecule has 0 atom stereocenters. The van der Waals surface area contributed by atoms with Gasteiger partial charge in [0.15, 0.2) is 5.82 Å². The van der Waals surface area contributed by atoms with Crippen LogP contribution in [-0.4, -0.2) is 67.4 Å². The van der Waals surface area contributed by atoms with E-state index in [1.165, 1.54) is 6.20 Å². The van der Waals surface area contributed by atoms with Gasteiger partial charge < -0.3 is 30.2 Å². The van der Waals surface area contributed by atoms with E-state index in [0.29, 0.717) is 38.8 Å². The minimum absolute atomic E-state index is 0.128. The molecular formula is C26H32ClN6O3P. The summed E-state index contributed by atoms with van der Waals surface area (Å²) < 4.78 is 18.3. The lowest BCUT2D eigenvalue weighted by Crippen LogP contribution is -2.43. The molecule has 11 heteroatoms. The number of aromatic nitrogens is 2. The fourth-order valence-electron chi connectivity index (χ4n) is 4.17. The van der Waals surface area contributed by atoms with Gasteiger partial charge in [0.1, 0.15) is 17.9 Å². The number of amides is 1. The second-order valence-electron chi connectivity index (χ2n) is 9.47. The normalized spacial score (nSPS) is 14.7. The van der Waals surface area contributed by atoms with Crippen LogP contribution in [0.5, 0.6) is 5.75 Å². The average Bonchev–Trinajstić information content (AvgIpc) is 2.87. The van der Waals surface area contributed by atoms with Crippen molar-refractivity contribution in [3.05, 3.63) is 59.2 Å². The van der Waals surface area contributed by atoms with Crippen molar-refractivity contribution in [1.29, 1.82) is 0 Å². The highest BCUT2D eigenvalue weighted by Crippen LogP contribution is 2.38. The Morgan fingerprint density at radius 1 is 1.11 bits per heavy atom. The number of ether oxygens (including phenoxy) is 1. The quantitative estimate of drug-likeness (QED) is 0.352. The molecule has 0 radical (unpaired) electrons. The van der Waals surface area contributed by atoms with Gasteiger partial charge in [0.05, 0.1) is 24.7 Å². The molecule has 0 bridgehead atoms. The van der Waals surface area contributed by atoms with Crippen molar-refractivity contribution in [2.75, 3.05) is 51.2 Å². The van der Waals surface area contributed by atoms with E-state index in [1.54, 1.807) is 38.6 Å². The van der Waals surface area contributed by atoms with Gasteiger partial charge in [-0.1, -0.05) is 23.7 Å². The van der Waals surface area contributed by atoms with Gasteiger partial charge in [0.2, 0.25) is 5.95 Å². The zero-order chi connectivity index (χ0) is 26.6. The van der Waals surface area contributed by atoms with Crippen LogP contribution in [0.3, 0.4) is 0 Å². The molecule has 2 heterocycles. The number of hydrogen-bond acceptors (Lipinski definition) is 8. The predicted molar refractivity (Wildman–Crippen MR) is 150 cm³/mol. The fourth-order valence-corrected chi connectivity index (χ4v) is 5.46. The number of carbonyl (C=O) groups is 1. The van der Waals surface area contributed by atoms with Gasteiger partial charge in [-0.3, -0.25) is 4.79 Å². The van der Waals surface area contributed by atoms with Crippen molar-refractivity contribution in [3.63, 3.8) is 0 Å². The highest BCUT2D eigenvalue weighted by molar-refractivity contribution is 7.70. The highest BCUT2D eigenvalue weighted by Gasteiger charge is 2.20. The zero-order valence-corrected chi connectivity index (χ0v) is 23.1. The number of benzene rings is 2. The standard InChI is InChI=1S/C26H32ClN6O3P/c1-33-13-11-18(12-14-33)29-25(34)17-9-10-20(22(15-17)36-2)31-26-28-16-19(27)24(32-26)30-21-7-5-6-8-23(21)37(3,4)35/h5-10,15-16,18H,11-14H2,1-4H3,(H,29,34)(H2,28,30,31,32). The maximum absolute atomic E-state index is 12.8. The SMILES string of the molecule is COc1cc(C(=O)NC2CCN(C)CC2)ccc1Nc1ncc(Cl)c(Nc2ccccc2P(C)(C)=O)n1. The van der Waals surface area contributed by atoms with Crippen molar-refractivity contribution in [3.8, 4) is 5.75 Å². The Balaban J connectivity index is 1.51. The summed E-state index contributed by atoms with van der Waals surface area (Å²) in [4.78, 5) is 23.9. The van der Waals surface area contributed by atoms with E-state index in [2.05, 4.69) is 37.9 Å². The van der Waals surface area contributed by atoms with Gasteiger partial charge in [-0.2, -0.15) is 4.98 Å². The molecule has 3 aromatic rings. The molecule has 2 aromatic carbocycles. The average molecular weight is 543 g/mol. The molecule has 1 aliphatic heterocycles. The Hall–Kier alpha value is -3.13. The van der Waals surface area contributed by atoms with Gasteiger partial charge in [-0.05, 0) is 76.6 Å². The number of para-hydroxylation sites is 1. The van der Waals surface area contributed by atoms with Crippen molar-refractivity contribution in [2.24, 2.45) is 0 Å². The number of nitrogens with zero attached hydrogens (tertiary/aromatic N) is 3. The Morgan fingerprint density at radius 2 is 1.84 bits per heavy atom. The van der Waals surface area contributed by atoms with Crippen molar-refractivity contribution in [1.82, 2.24) is 20.2 Å². The number of halogens is 1. The summed E-state index contributed by atoms with van der Waals surface area (Å²) in [7, 11) is 1.10. The molecule has 9 nitrogen and oxygen atoms in total. The second-order valence-corrected chi connectivity index (χ2v) is 13.1. The number of hydrogen-bond donors (Lipinski definition) is 3. The molecule has 3 N–H and O–H groups in total. The Bertz CT molecular complexity index is 1320. The molecule has 196 valence electrons. The minimum Gasteiger partial charge on any atom is -0.495 e. The third-order valence-electron chi connectivity index (χ3n) is 6.25. The van der Waals surface area contributed by atoms with E-state index in [-0.39, 0.29) is 17.9 Å². The second kappa shape index (κ2) is 11.5. The van der Waals surface area contributed by atoms with Crippen LogP contribution in [0.1, 0.15) is 23.2 Å². The van der Waals surface area contributed by atoms with Crippen LogP contribution in [0, 0.1) is 0 Å². The van der Waals surface area contributed by atoms with Gasteiger partial charge in [-0.15, -0.1) is 0 Å². The minimum atomic E-state index is -2.53. The van der Waals surface area contributed by atoms with E-state index < -0.39 is 7.14 Å². The Morgan fingerprint density at radius 3 is 2.54 bits per heavy atom. The number of carbonyl (C=O) groups excluding carboxylic acids is 1. The van der Waals surface area contributed by atoms with E-state index >= 15 is 0 Å². The smallest absolute Gasteiger partial charge is 0.251 e. The van der Waals surface area contributed by atoms with E-state index in [1.807, 2.05) is 24.3 Å². The lowest BCUT2D eigenvalue weighted by molar-refractivity contribution is 0.0916. The maximum Gasteiger partial charge on any atom is 0.251 e. The third-order valence-corrected chi connectivity index (χ3v) is 8.07. The third kappa shape index (κ3) is 6.80. The molecule has 0 spiro atoms. The fraction of sp³-hybridized carbons (Fsp3) is 0.346. The summed E-state index contributed by atoms with van der Waals surface area (Å²) in [5.74, 6) is 0.999. The van der Waals surface area contributed by atoms with Crippen LogP contribution < -0.4 is 26.0 Å². The molecule has 1 saturated heterocycles. The predicted octanol–water partition coefficient (Wildman–Crippen LogP) is 4.70. The largest absolute Gasteiger partial charge is 0.495 e. The summed E-state index contributed by atoms with van der Waals surface area (Å²) in [5.41, 5.74) is 1.78. The molecule has 37 heavy (non-hydrogen) atoms. The van der Waals surface area contributed by atoms with Crippen molar-refractivity contribution >= 4 is 53.1 Å². The summed E-state index contributed by atoms with van der Waals surface area (Å²) in [6.07, 6.45) is 3.35. The van der Waals surface area contributed by atoms with Crippen molar-refractivity contribution < 1.29 is 14.1 Å². The molecule has 1 fully saturated rings. The summed E-state index contributed by atoms with van der Waals surface area (Å²) in [6, 6.07) is 12.7. The van der Waals surface area contributed by atoms with E-state index in [4.69, 9.17) is 16.3 Å². The lowest BCUT2D eigenvalue weighted by atomic mass is 10.0. The number of anilines is 4. The van der Waals surface area contributed by atoms with Crippen LogP contribution in [0.25, 0.3) is 0 Å². The van der Waals surface area contributed by atoms with Crippen LogP contribution in [0.4, 0.5) is 23.1 Å². The molecule has 4 rings (SSSR count). The number of nitrogens with one attached hydrogen (secondary N) is 3. The van der Waals surface area contributed by atoms with Crippen LogP contribution in [0.15, 0.2) is 48.7 Å². The molecule has 0 saturated carbocycles. The Kier molecular flexibility index (Phi) is 8.37. The molecule has 1 aromatic heterocycles.